The molecule has 0 unspecified atom stereocenters. The first-order valence-corrected chi connectivity index (χ1v) is 10.4. The Morgan fingerprint density at radius 1 is 1.38 bits per heavy atom. The lowest BCUT2D eigenvalue weighted by Crippen LogP contribution is -2.53. The van der Waals surface area contributed by atoms with Crippen molar-refractivity contribution in [1.82, 2.24) is 15.2 Å². The van der Waals surface area contributed by atoms with Crippen LogP contribution in [-0.4, -0.2) is 52.5 Å². The van der Waals surface area contributed by atoms with E-state index in [0.29, 0.717) is 4.75 Å². The standard InChI is InChI=1S/C19H30N4S/c1-2-21-18(22-12-8-17-7-6-11-20-15-17)23-13-14-24-19(16-23)9-4-3-5-10-19/h6-7,11,15H,2-5,8-10,12-14,16H2,1H3,(H,21,22). The fourth-order valence-electron chi connectivity index (χ4n) is 3.79. The van der Waals surface area contributed by atoms with Gasteiger partial charge in [0.15, 0.2) is 5.96 Å². The molecule has 1 aromatic rings. The maximum atomic E-state index is 4.90. The van der Waals surface area contributed by atoms with Crippen molar-refractivity contribution >= 4 is 17.7 Å². The molecule has 1 spiro atoms. The highest BCUT2D eigenvalue weighted by molar-refractivity contribution is 8.00. The van der Waals surface area contributed by atoms with Gasteiger partial charge in [0.1, 0.15) is 0 Å². The summed E-state index contributed by atoms with van der Waals surface area (Å²) in [6.07, 6.45) is 11.7. The monoisotopic (exact) mass is 346 g/mol. The molecule has 1 N–H and O–H groups in total. The van der Waals surface area contributed by atoms with Crippen LogP contribution in [0.3, 0.4) is 0 Å². The molecule has 1 aliphatic heterocycles. The quantitative estimate of drug-likeness (QED) is 0.670. The Kier molecular flexibility index (Phi) is 6.41. The molecule has 24 heavy (non-hydrogen) atoms. The Bertz CT molecular complexity index is 520. The summed E-state index contributed by atoms with van der Waals surface area (Å²) in [5.74, 6) is 2.33. The number of thioether (sulfide) groups is 1. The molecule has 5 heteroatoms. The zero-order valence-electron chi connectivity index (χ0n) is 14.8. The molecule has 1 saturated heterocycles. The van der Waals surface area contributed by atoms with Crippen molar-refractivity contribution in [2.75, 3.05) is 31.9 Å². The maximum absolute atomic E-state index is 4.90. The second kappa shape index (κ2) is 8.75. The topological polar surface area (TPSA) is 40.5 Å². The highest BCUT2D eigenvalue weighted by Crippen LogP contribution is 2.42. The summed E-state index contributed by atoms with van der Waals surface area (Å²) < 4.78 is 0.482. The van der Waals surface area contributed by atoms with Crippen molar-refractivity contribution in [3.63, 3.8) is 0 Å². The maximum Gasteiger partial charge on any atom is 0.193 e. The van der Waals surface area contributed by atoms with Gasteiger partial charge in [0.05, 0.1) is 0 Å². The Labute approximate surface area is 150 Å². The Morgan fingerprint density at radius 2 is 2.25 bits per heavy atom. The highest BCUT2D eigenvalue weighted by atomic mass is 32.2. The van der Waals surface area contributed by atoms with Crippen molar-refractivity contribution in [2.45, 2.75) is 50.2 Å². The smallest absolute Gasteiger partial charge is 0.193 e. The van der Waals surface area contributed by atoms with Crippen molar-refractivity contribution in [3.05, 3.63) is 30.1 Å². The van der Waals surface area contributed by atoms with E-state index in [2.05, 4.69) is 40.0 Å². The van der Waals surface area contributed by atoms with Crippen LogP contribution in [0, 0.1) is 0 Å². The lowest BCUT2D eigenvalue weighted by Gasteiger charge is -2.45. The minimum atomic E-state index is 0.482. The van der Waals surface area contributed by atoms with Crippen LogP contribution >= 0.6 is 11.8 Å². The summed E-state index contributed by atoms with van der Waals surface area (Å²) in [6.45, 7) is 6.19. The number of nitrogens with zero attached hydrogens (tertiary/aromatic N) is 3. The van der Waals surface area contributed by atoms with E-state index < -0.39 is 0 Å². The van der Waals surface area contributed by atoms with E-state index >= 15 is 0 Å². The fourth-order valence-corrected chi connectivity index (χ4v) is 5.36. The lowest BCUT2D eigenvalue weighted by molar-refractivity contribution is 0.293. The molecule has 2 heterocycles. The van der Waals surface area contributed by atoms with Gasteiger partial charge in [-0.2, -0.15) is 11.8 Å². The summed E-state index contributed by atoms with van der Waals surface area (Å²) in [4.78, 5) is 11.6. The van der Waals surface area contributed by atoms with Gasteiger partial charge in [-0.15, -0.1) is 0 Å². The largest absolute Gasteiger partial charge is 0.357 e. The lowest BCUT2D eigenvalue weighted by atomic mass is 9.87. The van der Waals surface area contributed by atoms with Crippen molar-refractivity contribution in [3.8, 4) is 0 Å². The summed E-state index contributed by atoms with van der Waals surface area (Å²) in [5.41, 5.74) is 1.26. The second-order valence-electron chi connectivity index (χ2n) is 6.86. The van der Waals surface area contributed by atoms with E-state index in [-0.39, 0.29) is 0 Å². The van der Waals surface area contributed by atoms with Crippen LogP contribution in [0.15, 0.2) is 29.5 Å². The van der Waals surface area contributed by atoms with E-state index in [1.54, 1.807) is 0 Å². The van der Waals surface area contributed by atoms with Gasteiger partial charge in [0.25, 0.3) is 0 Å². The van der Waals surface area contributed by atoms with E-state index in [9.17, 15) is 0 Å². The summed E-state index contributed by atoms with van der Waals surface area (Å²) in [7, 11) is 0. The minimum Gasteiger partial charge on any atom is -0.357 e. The zero-order chi connectivity index (χ0) is 16.7. The van der Waals surface area contributed by atoms with Crippen LogP contribution in [0.5, 0.6) is 0 Å². The molecule has 0 bridgehead atoms. The molecular formula is C19H30N4S. The Balaban J connectivity index is 1.62. The predicted molar refractivity (Wildman–Crippen MR) is 104 cm³/mol. The summed E-state index contributed by atoms with van der Waals surface area (Å²) >= 11 is 2.21. The van der Waals surface area contributed by atoms with E-state index in [1.807, 2.05) is 18.5 Å². The van der Waals surface area contributed by atoms with E-state index in [4.69, 9.17) is 4.99 Å². The number of hydrogen-bond donors (Lipinski definition) is 1. The molecule has 4 nitrogen and oxygen atoms in total. The van der Waals surface area contributed by atoms with Crippen LogP contribution in [-0.2, 0) is 6.42 Å². The van der Waals surface area contributed by atoms with Gasteiger partial charge in [-0.3, -0.25) is 9.98 Å². The SMILES string of the molecule is CCNC(=NCCc1cccnc1)N1CCSC2(CCCCC2)C1. The average molecular weight is 347 g/mol. The number of pyridine rings is 1. The third kappa shape index (κ3) is 4.65. The fraction of sp³-hybridized carbons (Fsp3) is 0.684. The molecule has 2 aliphatic rings. The molecule has 2 fully saturated rings. The molecule has 0 aromatic carbocycles. The van der Waals surface area contributed by atoms with Crippen LogP contribution in [0.1, 0.15) is 44.6 Å². The van der Waals surface area contributed by atoms with Gasteiger partial charge in [-0.1, -0.05) is 25.3 Å². The van der Waals surface area contributed by atoms with Crippen molar-refractivity contribution < 1.29 is 0 Å². The molecule has 1 aromatic heterocycles. The molecule has 1 aliphatic carbocycles. The van der Waals surface area contributed by atoms with Gasteiger partial charge in [0, 0.05) is 49.1 Å². The van der Waals surface area contributed by atoms with Gasteiger partial charge < -0.3 is 10.2 Å². The second-order valence-corrected chi connectivity index (χ2v) is 8.42. The molecule has 0 radical (unpaired) electrons. The predicted octanol–water partition coefficient (Wildman–Crippen LogP) is 3.34. The van der Waals surface area contributed by atoms with Gasteiger partial charge in [0.2, 0.25) is 0 Å². The van der Waals surface area contributed by atoms with Crippen LogP contribution in [0.25, 0.3) is 0 Å². The number of aliphatic imine (C=N–C) groups is 1. The normalized spacial score (nSPS) is 21.0. The third-order valence-corrected chi connectivity index (χ3v) is 6.57. The first kappa shape index (κ1) is 17.6. The van der Waals surface area contributed by atoms with Crippen LogP contribution in [0.4, 0.5) is 0 Å². The zero-order valence-corrected chi connectivity index (χ0v) is 15.7. The van der Waals surface area contributed by atoms with Gasteiger partial charge in [-0.25, -0.2) is 0 Å². The van der Waals surface area contributed by atoms with Crippen LogP contribution in [0.2, 0.25) is 0 Å². The average Bonchev–Trinajstić information content (AvgIpc) is 2.63. The number of guanidine groups is 1. The Hall–Kier alpha value is -1.23. The summed E-state index contributed by atoms with van der Waals surface area (Å²) in [5, 5.41) is 3.51. The molecule has 1 saturated carbocycles. The molecule has 0 amide bonds. The molecule has 132 valence electrons. The summed E-state index contributed by atoms with van der Waals surface area (Å²) in [6, 6.07) is 4.13. The minimum absolute atomic E-state index is 0.482. The highest BCUT2D eigenvalue weighted by Gasteiger charge is 2.38. The number of nitrogens with one attached hydrogen (secondary N) is 1. The molecule has 3 rings (SSSR count). The first-order chi connectivity index (χ1) is 11.8. The number of hydrogen-bond acceptors (Lipinski definition) is 3. The third-order valence-electron chi connectivity index (χ3n) is 5.03. The number of aromatic nitrogens is 1. The number of rotatable bonds is 4. The van der Waals surface area contributed by atoms with E-state index in [1.165, 1.54) is 43.4 Å². The van der Waals surface area contributed by atoms with Crippen LogP contribution < -0.4 is 5.32 Å². The van der Waals surface area contributed by atoms with E-state index in [0.717, 1.165) is 38.6 Å². The van der Waals surface area contributed by atoms with Gasteiger partial charge >= 0.3 is 0 Å². The van der Waals surface area contributed by atoms with Crippen molar-refractivity contribution in [1.29, 1.82) is 0 Å². The Morgan fingerprint density at radius 3 is 3.00 bits per heavy atom. The van der Waals surface area contributed by atoms with Gasteiger partial charge in [-0.05, 0) is 37.8 Å². The first-order valence-electron chi connectivity index (χ1n) is 9.37. The molecule has 0 atom stereocenters. The molecular weight excluding hydrogens is 316 g/mol. The van der Waals surface area contributed by atoms with Crippen molar-refractivity contribution in [2.24, 2.45) is 4.99 Å².